The Morgan fingerprint density at radius 3 is 2.92 bits per heavy atom. The van der Waals surface area contributed by atoms with Crippen molar-refractivity contribution in [2.45, 2.75) is 12.8 Å². The lowest BCUT2D eigenvalue weighted by Gasteiger charge is -2.20. The Bertz CT molecular complexity index is 831. The van der Waals surface area contributed by atoms with E-state index in [0.717, 1.165) is 25.9 Å². The quantitative estimate of drug-likeness (QED) is 0.897. The lowest BCUT2D eigenvalue weighted by Crippen LogP contribution is -2.26. The maximum atomic E-state index is 12.7. The first-order valence-corrected chi connectivity index (χ1v) is 8.29. The van der Waals surface area contributed by atoms with E-state index in [4.69, 9.17) is 4.74 Å². The number of carbonyl (C=O) groups excluding carboxylic acids is 2. The summed E-state index contributed by atoms with van der Waals surface area (Å²) < 4.78 is 5.33. The van der Waals surface area contributed by atoms with Crippen molar-refractivity contribution < 1.29 is 14.3 Å². The maximum Gasteiger partial charge on any atom is 0.262 e. The van der Waals surface area contributed by atoms with Crippen LogP contribution in [0.15, 0.2) is 36.5 Å². The number of ether oxygens (including phenoxy) is 1. The van der Waals surface area contributed by atoms with Crippen LogP contribution in [0.25, 0.3) is 0 Å². The molecular weight excluding hydrogens is 320 g/mol. The molecule has 2 amide bonds. The first kappa shape index (κ1) is 15.4. The fraction of sp³-hybridized carbons (Fsp3) is 0.278. The fourth-order valence-electron chi connectivity index (χ4n) is 3.11. The molecule has 2 aromatic rings. The van der Waals surface area contributed by atoms with E-state index in [0.29, 0.717) is 28.5 Å². The van der Waals surface area contributed by atoms with E-state index in [-0.39, 0.29) is 18.4 Å². The first-order chi connectivity index (χ1) is 12.2. The molecule has 25 heavy (non-hydrogen) atoms. The molecule has 2 N–H and O–H groups in total. The molecular formula is C18H18N4O3. The van der Waals surface area contributed by atoms with Crippen LogP contribution in [0, 0.1) is 0 Å². The smallest absolute Gasteiger partial charge is 0.262 e. The predicted octanol–water partition coefficient (Wildman–Crippen LogP) is 2.26. The zero-order chi connectivity index (χ0) is 17.2. The van der Waals surface area contributed by atoms with Crippen molar-refractivity contribution in [2.24, 2.45) is 0 Å². The first-order valence-electron chi connectivity index (χ1n) is 8.29. The largest absolute Gasteiger partial charge is 0.482 e. The molecule has 2 aliphatic rings. The van der Waals surface area contributed by atoms with Crippen LogP contribution in [0.2, 0.25) is 0 Å². The van der Waals surface area contributed by atoms with E-state index < -0.39 is 0 Å². The van der Waals surface area contributed by atoms with Gasteiger partial charge in [0.2, 0.25) is 0 Å². The molecule has 4 rings (SSSR count). The Labute approximate surface area is 145 Å². The number of aromatic nitrogens is 1. The number of carbonyl (C=O) groups is 2. The molecule has 0 aliphatic carbocycles. The van der Waals surface area contributed by atoms with E-state index in [1.54, 1.807) is 36.5 Å². The minimum Gasteiger partial charge on any atom is -0.482 e. The molecule has 0 spiro atoms. The van der Waals surface area contributed by atoms with Gasteiger partial charge in [-0.25, -0.2) is 4.98 Å². The van der Waals surface area contributed by atoms with Crippen LogP contribution in [0.5, 0.6) is 5.75 Å². The summed E-state index contributed by atoms with van der Waals surface area (Å²) in [5, 5.41) is 5.61. The van der Waals surface area contributed by atoms with Crippen molar-refractivity contribution in [2.75, 3.05) is 35.2 Å². The van der Waals surface area contributed by atoms with Crippen molar-refractivity contribution in [1.82, 2.24) is 4.98 Å². The van der Waals surface area contributed by atoms with Gasteiger partial charge in [-0.3, -0.25) is 9.59 Å². The number of nitrogens with zero attached hydrogens (tertiary/aromatic N) is 2. The summed E-state index contributed by atoms with van der Waals surface area (Å²) in [4.78, 5) is 30.7. The van der Waals surface area contributed by atoms with Crippen molar-refractivity contribution >= 4 is 29.0 Å². The third kappa shape index (κ3) is 3.13. The second-order valence-electron chi connectivity index (χ2n) is 6.07. The Morgan fingerprint density at radius 2 is 2.08 bits per heavy atom. The highest BCUT2D eigenvalue weighted by Crippen LogP contribution is 2.31. The van der Waals surface area contributed by atoms with Crippen molar-refractivity contribution in [3.8, 4) is 5.75 Å². The number of anilines is 3. The molecule has 1 saturated heterocycles. The zero-order valence-corrected chi connectivity index (χ0v) is 13.6. The van der Waals surface area contributed by atoms with Gasteiger partial charge in [0.1, 0.15) is 11.6 Å². The fourth-order valence-corrected chi connectivity index (χ4v) is 3.11. The third-order valence-corrected chi connectivity index (χ3v) is 4.31. The molecule has 7 heteroatoms. The average molecular weight is 338 g/mol. The van der Waals surface area contributed by atoms with Crippen molar-refractivity contribution in [3.05, 3.63) is 42.1 Å². The molecule has 1 aromatic carbocycles. The Kier molecular flexibility index (Phi) is 3.97. The molecule has 7 nitrogen and oxygen atoms in total. The second kappa shape index (κ2) is 6.43. The van der Waals surface area contributed by atoms with Crippen LogP contribution in [-0.4, -0.2) is 36.5 Å². The van der Waals surface area contributed by atoms with Gasteiger partial charge in [0.05, 0.1) is 11.3 Å². The summed E-state index contributed by atoms with van der Waals surface area (Å²) in [5.74, 6) is 0.876. The van der Waals surface area contributed by atoms with Gasteiger partial charge < -0.3 is 20.3 Å². The van der Waals surface area contributed by atoms with Crippen LogP contribution in [0.4, 0.5) is 17.2 Å². The van der Waals surface area contributed by atoms with Crippen LogP contribution < -0.4 is 20.3 Å². The highest BCUT2D eigenvalue weighted by molar-refractivity contribution is 6.08. The van der Waals surface area contributed by atoms with Gasteiger partial charge >= 0.3 is 0 Å². The topological polar surface area (TPSA) is 83.6 Å². The number of benzene rings is 1. The number of fused-ring (bicyclic) bond motifs is 1. The lowest BCUT2D eigenvalue weighted by atomic mass is 10.2. The molecule has 1 fully saturated rings. The summed E-state index contributed by atoms with van der Waals surface area (Å²) in [6.45, 7) is 1.84. The molecule has 1 aromatic heterocycles. The second-order valence-corrected chi connectivity index (χ2v) is 6.07. The summed E-state index contributed by atoms with van der Waals surface area (Å²) in [5.41, 5.74) is 1.69. The van der Waals surface area contributed by atoms with Crippen LogP contribution in [0.3, 0.4) is 0 Å². The summed E-state index contributed by atoms with van der Waals surface area (Å²) in [6.07, 6.45) is 3.93. The molecule has 0 bridgehead atoms. The van der Waals surface area contributed by atoms with E-state index in [1.165, 1.54) is 0 Å². The van der Waals surface area contributed by atoms with Crippen LogP contribution in [-0.2, 0) is 4.79 Å². The van der Waals surface area contributed by atoms with Crippen LogP contribution in [0.1, 0.15) is 23.2 Å². The maximum absolute atomic E-state index is 12.7. The number of rotatable bonds is 3. The number of hydrogen-bond acceptors (Lipinski definition) is 5. The highest BCUT2D eigenvalue weighted by Gasteiger charge is 2.21. The van der Waals surface area contributed by atoms with E-state index in [9.17, 15) is 9.59 Å². The SMILES string of the molecule is O=C1COc2ccc(NC(=O)c3cccnc3N3CCCC3)cc2N1. The number of hydrogen-bond donors (Lipinski definition) is 2. The molecule has 0 atom stereocenters. The molecule has 128 valence electrons. The summed E-state index contributed by atoms with van der Waals surface area (Å²) >= 11 is 0. The van der Waals surface area contributed by atoms with E-state index in [1.807, 2.05) is 0 Å². The molecule has 0 saturated carbocycles. The van der Waals surface area contributed by atoms with Gasteiger partial charge in [-0.05, 0) is 43.2 Å². The zero-order valence-electron chi connectivity index (χ0n) is 13.6. The number of nitrogens with one attached hydrogen (secondary N) is 2. The predicted molar refractivity (Wildman–Crippen MR) is 94.2 cm³/mol. The lowest BCUT2D eigenvalue weighted by molar-refractivity contribution is -0.118. The van der Waals surface area contributed by atoms with E-state index in [2.05, 4.69) is 20.5 Å². The van der Waals surface area contributed by atoms with Gasteiger partial charge in [0.15, 0.2) is 6.61 Å². The highest BCUT2D eigenvalue weighted by atomic mass is 16.5. The minimum absolute atomic E-state index is 0.00753. The van der Waals surface area contributed by atoms with Crippen molar-refractivity contribution in [1.29, 1.82) is 0 Å². The average Bonchev–Trinajstić information content (AvgIpc) is 3.16. The summed E-state index contributed by atoms with van der Waals surface area (Å²) in [7, 11) is 0. The molecule has 2 aliphatic heterocycles. The molecule has 0 radical (unpaired) electrons. The van der Waals surface area contributed by atoms with E-state index >= 15 is 0 Å². The minimum atomic E-state index is -0.224. The van der Waals surface area contributed by atoms with Gasteiger partial charge in [0.25, 0.3) is 11.8 Å². The van der Waals surface area contributed by atoms with Crippen LogP contribution >= 0.6 is 0 Å². The molecule has 3 heterocycles. The standard InChI is InChI=1S/C18H18N4O3/c23-16-11-25-15-6-5-12(10-14(15)21-16)20-18(24)13-4-3-7-19-17(13)22-8-1-2-9-22/h3-7,10H,1-2,8-9,11H2,(H,20,24)(H,21,23). The summed E-state index contributed by atoms with van der Waals surface area (Å²) in [6, 6.07) is 8.71. The van der Waals surface area contributed by atoms with Gasteiger partial charge in [0, 0.05) is 25.0 Å². The van der Waals surface area contributed by atoms with Gasteiger partial charge in [-0.2, -0.15) is 0 Å². The monoisotopic (exact) mass is 338 g/mol. The van der Waals surface area contributed by atoms with Gasteiger partial charge in [-0.1, -0.05) is 0 Å². The third-order valence-electron chi connectivity index (χ3n) is 4.31. The van der Waals surface area contributed by atoms with Crippen molar-refractivity contribution in [3.63, 3.8) is 0 Å². The Morgan fingerprint density at radius 1 is 1.24 bits per heavy atom. The number of pyridine rings is 1. The normalized spacial score (nSPS) is 16.0. The number of amides is 2. The Balaban J connectivity index is 1.57. The Hall–Kier alpha value is -3.09. The molecule has 0 unspecified atom stereocenters. The van der Waals surface area contributed by atoms with Gasteiger partial charge in [-0.15, -0.1) is 0 Å².